The number of rotatable bonds is 9. The molecule has 0 atom stereocenters. The lowest BCUT2D eigenvalue weighted by Gasteiger charge is -2.09. The molecule has 7 nitrogen and oxygen atoms in total. The smallest absolute Gasteiger partial charge is 0.236 e. The van der Waals surface area contributed by atoms with Crippen LogP contribution in [0.3, 0.4) is 0 Å². The maximum Gasteiger partial charge on any atom is 0.236 e. The molecule has 140 valence electrons. The topological polar surface area (TPSA) is 81.9 Å². The van der Waals surface area contributed by atoms with E-state index in [0.717, 1.165) is 0 Å². The van der Waals surface area contributed by atoms with Gasteiger partial charge in [0.2, 0.25) is 5.91 Å². The molecule has 0 aliphatic heterocycles. The molecule has 0 spiro atoms. The molecule has 3 aromatic rings. The highest BCUT2D eigenvalue weighted by Crippen LogP contribution is 2.20. The second-order valence-corrected chi connectivity index (χ2v) is 7.49. The zero-order valence-corrected chi connectivity index (χ0v) is 16.6. The SMILES string of the molecule is C=CCn1c(COc2ccc(Cl)cc2)nnc1SCC(=O)Nc1nccs1. The molecule has 0 radical (unpaired) electrons. The summed E-state index contributed by atoms with van der Waals surface area (Å²) in [5, 5.41) is 14.7. The van der Waals surface area contributed by atoms with Crippen LogP contribution in [0.15, 0.2) is 53.7 Å². The summed E-state index contributed by atoms with van der Waals surface area (Å²) in [6.07, 6.45) is 3.38. The predicted molar refractivity (Wildman–Crippen MR) is 107 cm³/mol. The first-order valence-corrected chi connectivity index (χ1v) is 10.1. The lowest BCUT2D eigenvalue weighted by Crippen LogP contribution is -2.14. The quantitative estimate of drug-likeness (QED) is 0.417. The first-order valence-electron chi connectivity index (χ1n) is 7.89. The third-order valence-corrected chi connectivity index (χ3v) is 5.21. The molecule has 2 aromatic heterocycles. The van der Waals surface area contributed by atoms with Gasteiger partial charge in [0.25, 0.3) is 0 Å². The third-order valence-electron chi connectivity index (χ3n) is 3.30. The van der Waals surface area contributed by atoms with Gasteiger partial charge in [-0.15, -0.1) is 28.1 Å². The third kappa shape index (κ3) is 5.56. The van der Waals surface area contributed by atoms with Crippen LogP contribution < -0.4 is 10.1 Å². The number of thioether (sulfide) groups is 1. The average molecular weight is 422 g/mol. The number of carbonyl (C=O) groups is 1. The molecule has 0 saturated heterocycles. The summed E-state index contributed by atoms with van der Waals surface area (Å²) in [6, 6.07) is 7.09. The number of allylic oxidation sites excluding steroid dienone is 1. The van der Waals surface area contributed by atoms with Crippen molar-refractivity contribution in [3.8, 4) is 5.75 Å². The Morgan fingerprint density at radius 3 is 2.89 bits per heavy atom. The van der Waals surface area contributed by atoms with Crippen molar-refractivity contribution >= 4 is 45.7 Å². The Hall–Kier alpha value is -2.36. The Balaban J connectivity index is 1.60. The minimum Gasteiger partial charge on any atom is -0.486 e. The summed E-state index contributed by atoms with van der Waals surface area (Å²) in [5.41, 5.74) is 0. The van der Waals surface area contributed by atoms with Crippen LogP contribution in [0.4, 0.5) is 5.13 Å². The molecule has 1 aromatic carbocycles. The van der Waals surface area contributed by atoms with Crippen molar-refractivity contribution in [3.05, 3.63) is 59.3 Å². The molecular formula is C17H16ClN5O2S2. The number of anilines is 1. The Morgan fingerprint density at radius 1 is 1.37 bits per heavy atom. The largest absolute Gasteiger partial charge is 0.486 e. The highest BCUT2D eigenvalue weighted by atomic mass is 35.5. The van der Waals surface area contributed by atoms with Gasteiger partial charge in [-0.2, -0.15) is 0 Å². The van der Waals surface area contributed by atoms with Gasteiger partial charge in [0.05, 0.1) is 5.75 Å². The number of nitrogens with zero attached hydrogens (tertiary/aromatic N) is 4. The van der Waals surface area contributed by atoms with Gasteiger partial charge in [-0.05, 0) is 24.3 Å². The summed E-state index contributed by atoms with van der Waals surface area (Å²) in [6.45, 7) is 4.52. The molecule has 0 aliphatic carbocycles. The van der Waals surface area contributed by atoms with Gasteiger partial charge >= 0.3 is 0 Å². The van der Waals surface area contributed by atoms with Crippen LogP contribution in [-0.4, -0.2) is 31.4 Å². The molecule has 0 unspecified atom stereocenters. The molecule has 27 heavy (non-hydrogen) atoms. The summed E-state index contributed by atoms with van der Waals surface area (Å²) in [5.74, 6) is 1.38. The van der Waals surface area contributed by atoms with Gasteiger partial charge in [0.1, 0.15) is 12.4 Å². The summed E-state index contributed by atoms with van der Waals surface area (Å²) in [7, 11) is 0. The van der Waals surface area contributed by atoms with Crippen LogP contribution in [-0.2, 0) is 17.9 Å². The fraction of sp³-hybridized carbons (Fsp3) is 0.176. The van der Waals surface area contributed by atoms with Gasteiger partial charge < -0.3 is 10.1 Å². The number of thiazole rings is 1. The first kappa shape index (κ1) is 19.4. The molecule has 10 heteroatoms. The maximum absolute atomic E-state index is 12.0. The van der Waals surface area contributed by atoms with Crippen LogP contribution in [0.2, 0.25) is 5.02 Å². The molecule has 0 aliphatic rings. The number of aromatic nitrogens is 4. The highest BCUT2D eigenvalue weighted by Gasteiger charge is 2.14. The maximum atomic E-state index is 12.0. The van der Waals surface area contributed by atoms with E-state index >= 15 is 0 Å². The van der Waals surface area contributed by atoms with Crippen LogP contribution in [0.5, 0.6) is 5.75 Å². The van der Waals surface area contributed by atoms with E-state index in [2.05, 4.69) is 27.1 Å². The van der Waals surface area contributed by atoms with Gasteiger partial charge in [-0.3, -0.25) is 9.36 Å². The van der Waals surface area contributed by atoms with Gasteiger partial charge in [-0.1, -0.05) is 29.4 Å². The zero-order valence-electron chi connectivity index (χ0n) is 14.2. The van der Waals surface area contributed by atoms with E-state index in [4.69, 9.17) is 16.3 Å². The second-order valence-electron chi connectivity index (χ2n) is 5.21. The monoisotopic (exact) mass is 421 g/mol. The molecule has 0 saturated carbocycles. The Bertz CT molecular complexity index is 897. The number of amides is 1. The van der Waals surface area contributed by atoms with E-state index < -0.39 is 0 Å². The van der Waals surface area contributed by atoms with E-state index in [1.165, 1.54) is 23.1 Å². The van der Waals surface area contributed by atoms with Crippen LogP contribution in [0.25, 0.3) is 0 Å². The predicted octanol–water partition coefficient (Wildman–Crippen LogP) is 3.88. The van der Waals surface area contributed by atoms with Gasteiger partial charge in [-0.25, -0.2) is 4.98 Å². The fourth-order valence-corrected chi connectivity index (χ4v) is 3.53. The van der Waals surface area contributed by atoms with E-state index in [1.807, 2.05) is 4.57 Å². The molecule has 2 heterocycles. The number of hydrogen-bond acceptors (Lipinski definition) is 7. The molecule has 3 rings (SSSR count). The number of carbonyl (C=O) groups excluding carboxylic acids is 1. The number of halogens is 1. The minimum atomic E-state index is -0.151. The van der Waals surface area contributed by atoms with Gasteiger partial charge in [0, 0.05) is 23.1 Å². The van der Waals surface area contributed by atoms with Crippen LogP contribution in [0.1, 0.15) is 5.82 Å². The molecule has 1 N–H and O–H groups in total. The van der Waals surface area contributed by atoms with Crippen molar-refractivity contribution < 1.29 is 9.53 Å². The lowest BCUT2D eigenvalue weighted by atomic mass is 10.3. The minimum absolute atomic E-state index is 0.151. The lowest BCUT2D eigenvalue weighted by molar-refractivity contribution is -0.113. The number of nitrogens with one attached hydrogen (secondary N) is 1. The number of benzene rings is 1. The molecule has 0 fully saturated rings. The first-order chi connectivity index (χ1) is 13.2. The number of hydrogen-bond donors (Lipinski definition) is 1. The van der Waals surface area contributed by atoms with Crippen molar-refractivity contribution in [3.63, 3.8) is 0 Å². The average Bonchev–Trinajstić information content (AvgIpc) is 3.30. The summed E-state index contributed by atoms with van der Waals surface area (Å²) >= 11 is 8.54. The fourth-order valence-electron chi connectivity index (χ4n) is 2.09. The molecular weight excluding hydrogens is 406 g/mol. The zero-order chi connectivity index (χ0) is 19.1. The van der Waals surface area contributed by atoms with Crippen LogP contribution in [0, 0.1) is 0 Å². The van der Waals surface area contributed by atoms with E-state index in [9.17, 15) is 4.79 Å². The number of ether oxygens (including phenoxy) is 1. The van der Waals surface area contributed by atoms with Crippen molar-refractivity contribution in [2.75, 3.05) is 11.1 Å². The molecule has 0 bridgehead atoms. The normalized spacial score (nSPS) is 10.6. The van der Waals surface area contributed by atoms with E-state index in [1.54, 1.807) is 41.9 Å². The summed E-state index contributed by atoms with van der Waals surface area (Å²) < 4.78 is 7.60. The Morgan fingerprint density at radius 2 is 2.19 bits per heavy atom. The van der Waals surface area contributed by atoms with Crippen LogP contribution >= 0.6 is 34.7 Å². The van der Waals surface area contributed by atoms with E-state index in [0.29, 0.717) is 33.4 Å². The summed E-state index contributed by atoms with van der Waals surface area (Å²) in [4.78, 5) is 16.0. The van der Waals surface area contributed by atoms with Crippen molar-refractivity contribution in [2.45, 2.75) is 18.3 Å². The van der Waals surface area contributed by atoms with Crippen molar-refractivity contribution in [1.29, 1.82) is 0 Å². The van der Waals surface area contributed by atoms with Crippen molar-refractivity contribution in [2.24, 2.45) is 0 Å². The second kappa shape index (κ2) is 9.54. The highest BCUT2D eigenvalue weighted by molar-refractivity contribution is 7.99. The Labute approximate surface area is 169 Å². The van der Waals surface area contributed by atoms with Crippen molar-refractivity contribution in [1.82, 2.24) is 19.7 Å². The van der Waals surface area contributed by atoms with E-state index in [-0.39, 0.29) is 18.3 Å². The van der Waals surface area contributed by atoms with Gasteiger partial charge in [0.15, 0.2) is 16.1 Å². The Kier molecular flexibility index (Phi) is 6.86. The standard InChI is InChI=1S/C17H16ClN5O2S2/c1-2-8-23-14(10-25-13-5-3-12(18)4-6-13)21-22-17(23)27-11-15(24)20-16-19-7-9-26-16/h2-7,9H,1,8,10-11H2,(H,19,20,24). The molecule has 1 amide bonds.